The molecule has 2 aromatic rings. The molecule has 0 aliphatic heterocycles. The van der Waals surface area contributed by atoms with Gasteiger partial charge in [0, 0.05) is 6.54 Å². The maximum absolute atomic E-state index is 4.52. The summed E-state index contributed by atoms with van der Waals surface area (Å²) in [6, 6.07) is 7.93. The molecule has 1 heterocycles. The first kappa shape index (κ1) is 17.5. The number of aromatic nitrogens is 2. The molecule has 3 nitrogen and oxygen atoms in total. The standard InChI is InChI=1S/C12H15N3.2C2H6/c1-2-7-13-8-10-9-14-11-5-3-4-6-12(11)15-10;2*1-2/h3-6,9,13H,2,7-8H2,1H3;2*1-2H3. The van der Waals surface area contributed by atoms with Crippen molar-refractivity contribution in [1.82, 2.24) is 15.3 Å². The fourth-order valence-electron chi connectivity index (χ4n) is 1.47. The summed E-state index contributed by atoms with van der Waals surface area (Å²) in [5.41, 5.74) is 2.92. The Balaban J connectivity index is 0.000000741. The van der Waals surface area contributed by atoms with E-state index in [0.717, 1.165) is 36.2 Å². The predicted octanol–water partition coefficient (Wildman–Crippen LogP) is 4.18. The zero-order valence-corrected chi connectivity index (χ0v) is 12.9. The fourth-order valence-corrected chi connectivity index (χ4v) is 1.47. The molecule has 0 unspecified atom stereocenters. The minimum Gasteiger partial charge on any atom is -0.311 e. The Bertz CT molecular complexity index is 441. The van der Waals surface area contributed by atoms with Crippen LogP contribution in [-0.4, -0.2) is 16.5 Å². The van der Waals surface area contributed by atoms with Gasteiger partial charge in [0.15, 0.2) is 0 Å². The van der Waals surface area contributed by atoms with Crippen molar-refractivity contribution >= 4 is 11.0 Å². The first-order valence-corrected chi connectivity index (χ1v) is 7.31. The molecule has 19 heavy (non-hydrogen) atoms. The first-order valence-electron chi connectivity index (χ1n) is 7.31. The summed E-state index contributed by atoms with van der Waals surface area (Å²) in [6.07, 6.45) is 2.98. The number of benzene rings is 1. The smallest absolute Gasteiger partial charge is 0.0890 e. The van der Waals surface area contributed by atoms with E-state index in [1.807, 2.05) is 58.2 Å². The summed E-state index contributed by atoms with van der Waals surface area (Å²) in [5, 5.41) is 3.31. The summed E-state index contributed by atoms with van der Waals surface area (Å²) in [6.45, 7) is 12.0. The highest BCUT2D eigenvalue weighted by molar-refractivity contribution is 5.73. The van der Waals surface area contributed by atoms with Crippen LogP contribution in [0.25, 0.3) is 11.0 Å². The number of fused-ring (bicyclic) bond motifs is 1. The van der Waals surface area contributed by atoms with Crippen molar-refractivity contribution in [3.05, 3.63) is 36.2 Å². The van der Waals surface area contributed by atoms with Crippen LogP contribution in [0.3, 0.4) is 0 Å². The molecule has 0 spiro atoms. The van der Waals surface area contributed by atoms with E-state index in [1.165, 1.54) is 0 Å². The molecular weight excluding hydrogens is 234 g/mol. The van der Waals surface area contributed by atoms with Crippen molar-refractivity contribution in [3.8, 4) is 0 Å². The number of nitrogens with one attached hydrogen (secondary N) is 1. The number of rotatable bonds is 4. The molecule has 2 rings (SSSR count). The predicted molar refractivity (Wildman–Crippen MR) is 84.2 cm³/mol. The van der Waals surface area contributed by atoms with Crippen LogP contribution < -0.4 is 5.32 Å². The average molecular weight is 261 g/mol. The van der Waals surface area contributed by atoms with E-state index in [4.69, 9.17) is 0 Å². The summed E-state index contributed by atoms with van der Waals surface area (Å²) >= 11 is 0. The molecule has 1 N–H and O–H groups in total. The Kier molecular flexibility index (Phi) is 10.7. The largest absolute Gasteiger partial charge is 0.311 e. The van der Waals surface area contributed by atoms with Crippen molar-refractivity contribution < 1.29 is 0 Å². The molecule has 0 atom stereocenters. The molecule has 0 fully saturated rings. The lowest BCUT2D eigenvalue weighted by molar-refractivity contribution is 0.664. The van der Waals surface area contributed by atoms with Gasteiger partial charge >= 0.3 is 0 Å². The molecule has 0 aliphatic carbocycles. The number of hydrogen-bond donors (Lipinski definition) is 1. The van der Waals surface area contributed by atoms with Crippen LogP contribution in [-0.2, 0) is 6.54 Å². The van der Waals surface area contributed by atoms with Crippen LogP contribution in [0.15, 0.2) is 30.5 Å². The lowest BCUT2D eigenvalue weighted by Crippen LogP contribution is -2.14. The van der Waals surface area contributed by atoms with Crippen LogP contribution in [0.4, 0.5) is 0 Å². The van der Waals surface area contributed by atoms with Crippen LogP contribution in [0, 0.1) is 0 Å². The summed E-state index contributed by atoms with van der Waals surface area (Å²) in [7, 11) is 0. The highest BCUT2D eigenvalue weighted by Gasteiger charge is 1.97. The second kappa shape index (κ2) is 11.6. The van der Waals surface area contributed by atoms with E-state index in [2.05, 4.69) is 22.2 Å². The number of hydrogen-bond acceptors (Lipinski definition) is 3. The number of para-hydroxylation sites is 2. The molecule has 1 aromatic heterocycles. The minimum atomic E-state index is 0.797. The molecule has 0 radical (unpaired) electrons. The van der Waals surface area contributed by atoms with Crippen molar-refractivity contribution in [2.45, 2.75) is 47.6 Å². The van der Waals surface area contributed by atoms with Gasteiger partial charge < -0.3 is 5.32 Å². The molecule has 1 aromatic carbocycles. The normalized spacial score (nSPS) is 9.11. The van der Waals surface area contributed by atoms with E-state index >= 15 is 0 Å². The Morgan fingerprint density at radius 2 is 1.63 bits per heavy atom. The highest BCUT2D eigenvalue weighted by atomic mass is 14.9. The van der Waals surface area contributed by atoms with Gasteiger partial charge in [-0.25, -0.2) is 4.98 Å². The van der Waals surface area contributed by atoms with Crippen molar-refractivity contribution in [2.75, 3.05) is 6.54 Å². The third kappa shape index (κ3) is 6.30. The summed E-state index contributed by atoms with van der Waals surface area (Å²) in [5.74, 6) is 0. The van der Waals surface area contributed by atoms with Crippen molar-refractivity contribution in [1.29, 1.82) is 0 Å². The third-order valence-corrected chi connectivity index (χ3v) is 2.23. The zero-order valence-electron chi connectivity index (χ0n) is 12.9. The first-order chi connectivity index (χ1) is 9.40. The molecule has 0 aliphatic rings. The van der Waals surface area contributed by atoms with Gasteiger partial charge in [-0.3, -0.25) is 4.98 Å². The van der Waals surface area contributed by atoms with Gasteiger partial charge in [0.25, 0.3) is 0 Å². The topological polar surface area (TPSA) is 37.8 Å². The van der Waals surface area contributed by atoms with Gasteiger partial charge in [-0.05, 0) is 25.1 Å². The summed E-state index contributed by atoms with van der Waals surface area (Å²) in [4.78, 5) is 8.88. The van der Waals surface area contributed by atoms with Gasteiger partial charge in [0.05, 0.1) is 22.9 Å². The van der Waals surface area contributed by atoms with Gasteiger partial charge in [-0.2, -0.15) is 0 Å². The van der Waals surface area contributed by atoms with Crippen molar-refractivity contribution in [2.24, 2.45) is 0 Å². The van der Waals surface area contributed by atoms with Crippen molar-refractivity contribution in [3.63, 3.8) is 0 Å². The minimum absolute atomic E-state index is 0.797. The van der Waals surface area contributed by atoms with E-state index in [9.17, 15) is 0 Å². The molecular formula is C16H27N3. The maximum atomic E-state index is 4.52. The zero-order chi connectivity index (χ0) is 14.5. The van der Waals surface area contributed by atoms with Gasteiger partial charge in [0.2, 0.25) is 0 Å². The average Bonchev–Trinajstić information content (AvgIpc) is 2.51. The van der Waals surface area contributed by atoms with Gasteiger partial charge in [-0.15, -0.1) is 0 Å². The van der Waals surface area contributed by atoms with E-state index in [1.54, 1.807) is 0 Å². The van der Waals surface area contributed by atoms with E-state index < -0.39 is 0 Å². The monoisotopic (exact) mass is 261 g/mol. The molecule has 0 amide bonds. The molecule has 0 saturated carbocycles. The molecule has 106 valence electrons. The van der Waals surface area contributed by atoms with Gasteiger partial charge in [0.1, 0.15) is 0 Å². The Labute approximate surface area is 117 Å². The van der Waals surface area contributed by atoms with Crippen LogP contribution in [0.2, 0.25) is 0 Å². The SMILES string of the molecule is CC.CC.CCCNCc1cnc2ccccc2n1. The molecule has 0 bridgehead atoms. The highest BCUT2D eigenvalue weighted by Crippen LogP contribution is 2.07. The quantitative estimate of drug-likeness (QED) is 0.839. The Hall–Kier alpha value is -1.48. The van der Waals surface area contributed by atoms with Crippen LogP contribution in [0.5, 0.6) is 0 Å². The lowest BCUT2D eigenvalue weighted by Gasteiger charge is -2.03. The van der Waals surface area contributed by atoms with E-state index in [0.29, 0.717) is 0 Å². The second-order valence-corrected chi connectivity index (χ2v) is 3.53. The van der Waals surface area contributed by atoms with Gasteiger partial charge in [-0.1, -0.05) is 46.8 Å². The lowest BCUT2D eigenvalue weighted by atomic mass is 10.3. The fraction of sp³-hybridized carbons (Fsp3) is 0.500. The number of nitrogens with zero attached hydrogens (tertiary/aromatic N) is 2. The molecule has 0 saturated heterocycles. The van der Waals surface area contributed by atoms with Crippen LogP contribution >= 0.6 is 0 Å². The summed E-state index contributed by atoms with van der Waals surface area (Å²) < 4.78 is 0. The third-order valence-electron chi connectivity index (χ3n) is 2.23. The maximum Gasteiger partial charge on any atom is 0.0890 e. The molecule has 3 heteroatoms. The Morgan fingerprint density at radius 3 is 2.26 bits per heavy atom. The van der Waals surface area contributed by atoms with E-state index in [-0.39, 0.29) is 0 Å². The second-order valence-electron chi connectivity index (χ2n) is 3.53. The Morgan fingerprint density at radius 1 is 1.00 bits per heavy atom. The van der Waals surface area contributed by atoms with Crippen LogP contribution in [0.1, 0.15) is 46.7 Å².